The van der Waals surface area contributed by atoms with Gasteiger partial charge in [-0.15, -0.1) is 0 Å². The summed E-state index contributed by atoms with van der Waals surface area (Å²) in [6.45, 7) is 7.78. The highest BCUT2D eigenvalue weighted by atomic mass is 14.9. The van der Waals surface area contributed by atoms with Crippen molar-refractivity contribution >= 4 is 10.9 Å². The van der Waals surface area contributed by atoms with Gasteiger partial charge < -0.3 is 5.32 Å². The highest BCUT2D eigenvalue weighted by Gasteiger charge is 2.21. The summed E-state index contributed by atoms with van der Waals surface area (Å²) in [7, 11) is 0. The standard InChI is InChI=1S/C19H28N2/c1-4-8-16(9-5-2)19(20-6-3)17-12-11-15-10-7-13-21-18(15)14-17/h7,10-14,16,19-20H,4-6,8-9H2,1-3H3. The summed E-state index contributed by atoms with van der Waals surface area (Å²) in [6, 6.07) is 11.3. The predicted octanol–water partition coefficient (Wildman–Crippen LogP) is 5.10. The SMILES string of the molecule is CCCC(CCC)C(NCC)c1ccc2cccnc2c1. The fourth-order valence-corrected chi connectivity index (χ4v) is 3.27. The summed E-state index contributed by atoms with van der Waals surface area (Å²) in [5.41, 5.74) is 2.49. The van der Waals surface area contributed by atoms with Gasteiger partial charge in [-0.2, -0.15) is 0 Å². The van der Waals surface area contributed by atoms with Crippen LogP contribution in [-0.2, 0) is 0 Å². The minimum atomic E-state index is 0.446. The number of fused-ring (bicyclic) bond motifs is 1. The van der Waals surface area contributed by atoms with Crippen molar-refractivity contribution in [3.63, 3.8) is 0 Å². The van der Waals surface area contributed by atoms with Crippen LogP contribution in [-0.4, -0.2) is 11.5 Å². The number of hydrogen-bond donors (Lipinski definition) is 1. The zero-order valence-corrected chi connectivity index (χ0v) is 13.6. The van der Waals surface area contributed by atoms with E-state index in [1.807, 2.05) is 12.3 Å². The molecule has 1 unspecified atom stereocenters. The third-order valence-corrected chi connectivity index (χ3v) is 4.20. The second kappa shape index (κ2) is 8.14. The molecule has 1 atom stereocenters. The van der Waals surface area contributed by atoms with Gasteiger partial charge in [0, 0.05) is 17.6 Å². The van der Waals surface area contributed by atoms with Gasteiger partial charge in [0.05, 0.1) is 5.52 Å². The molecular weight excluding hydrogens is 256 g/mol. The van der Waals surface area contributed by atoms with Crippen molar-refractivity contribution in [2.24, 2.45) is 5.92 Å². The second-order valence-electron chi connectivity index (χ2n) is 5.83. The number of nitrogens with one attached hydrogen (secondary N) is 1. The first kappa shape index (κ1) is 16.0. The monoisotopic (exact) mass is 284 g/mol. The molecule has 1 heterocycles. The van der Waals surface area contributed by atoms with Gasteiger partial charge in [-0.1, -0.05) is 51.8 Å². The van der Waals surface area contributed by atoms with E-state index in [2.05, 4.69) is 55.3 Å². The minimum Gasteiger partial charge on any atom is -0.310 e. The van der Waals surface area contributed by atoms with E-state index in [0.717, 1.165) is 12.1 Å². The third kappa shape index (κ3) is 4.04. The highest BCUT2D eigenvalue weighted by molar-refractivity contribution is 5.79. The fourth-order valence-electron chi connectivity index (χ4n) is 3.27. The normalized spacial score (nSPS) is 13.0. The number of nitrogens with zero attached hydrogens (tertiary/aromatic N) is 1. The second-order valence-corrected chi connectivity index (χ2v) is 5.83. The maximum Gasteiger partial charge on any atom is 0.0705 e. The summed E-state index contributed by atoms with van der Waals surface area (Å²) in [5.74, 6) is 0.709. The Bertz CT molecular complexity index is 544. The van der Waals surface area contributed by atoms with Crippen LogP contribution in [0.4, 0.5) is 0 Å². The first-order valence-electron chi connectivity index (χ1n) is 8.38. The molecule has 114 valence electrons. The van der Waals surface area contributed by atoms with Crippen LogP contribution in [0, 0.1) is 5.92 Å². The van der Waals surface area contributed by atoms with E-state index in [0.29, 0.717) is 12.0 Å². The van der Waals surface area contributed by atoms with Crippen LogP contribution in [0.15, 0.2) is 36.5 Å². The lowest BCUT2D eigenvalue weighted by molar-refractivity contribution is 0.320. The first-order chi connectivity index (χ1) is 10.3. The van der Waals surface area contributed by atoms with Crippen LogP contribution in [0.5, 0.6) is 0 Å². The van der Waals surface area contributed by atoms with Gasteiger partial charge in [-0.25, -0.2) is 0 Å². The van der Waals surface area contributed by atoms with Crippen molar-refractivity contribution in [3.8, 4) is 0 Å². The van der Waals surface area contributed by atoms with Gasteiger partial charge in [0.1, 0.15) is 0 Å². The smallest absolute Gasteiger partial charge is 0.0705 e. The van der Waals surface area contributed by atoms with E-state index in [9.17, 15) is 0 Å². The van der Waals surface area contributed by atoms with E-state index in [-0.39, 0.29) is 0 Å². The summed E-state index contributed by atoms with van der Waals surface area (Å²) < 4.78 is 0. The average Bonchev–Trinajstić information content (AvgIpc) is 2.52. The van der Waals surface area contributed by atoms with Gasteiger partial charge in [0.25, 0.3) is 0 Å². The Hall–Kier alpha value is -1.41. The number of hydrogen-bond acceptors (Lipinski definition) is 2. The molecule has 0 saturated carbocycles. The molecule has 0 fully saturated rings. The Labute approximate surface area is 129 Å². The fraction of sp³-hybridized carbons (Fsp3) is 0.526. The molecule has 0 spiro atoms. The number of rotatable bonds is 8. The molecule has 0 radical (unpaired) electrons. The molecule has 2 rings (SSSR count). The quantitative estimate of drug-likeness (QED) is 0.729. The number of benzene rings is 1. The van der Waals surface area contributed by atoms with Crippen molar-refractivity contribution in [1.82, 2.24) is 10.3 Å². The van der Waals surface area contributed by atoms with E-state index in [1.165, 1.54) is 36.6 Å². The molecule has 2 aromatic rings. The Kier molecular flexibility index (Phi) is 6.19. The molecular formula is C19H28N2. The molecule has 21 heavy (non-hydrogen) atoms. The van der Waals surface area contributed by atoms with Crippen LogP contribution >= 0.6 is 0 Å². The molecule has 0 aliphatic heterocycles. The topological polar surface area (TPSA) is 24.9 Å². The molecule has 0 aliphatic carbocycles. The van der Waals surface area contributed by atoms with Gasteiger partial charge in [-0.05, 0) is 43.0 Å². The van der Waals surface area contributed by atoms with Gasteiger partial charge in [0.2, 0.25) is 0 Å². The molecule has 1 aromatic heterocycles. The summed E-state index contributed by atoms with van der Waals surface area (Å²) in [5, 5.41) is 4.93. The zero-order valence-electron chi connectivity index (χ0n) is 13.6. The molecule has 1 aromatic carbocycles. The van der Waals surface area contributed by atoms with E-state index in [1.54, 1.807) is 0 Å². The first-order valence-corrected chi connectivity index (χ1v) is 8.38. The zero-order chi connectivity index (χ0) is 15.1. The number of aromatic nitrogens is 1. The lowest BCUT2D eigenvalue weighted by atomic mass is 9.85. The Morgan fingerprint density at radius 1 is 1.05 bits per heavy atom. The molecule has 0 bridgehead atoms. The van der Waals surface area contributed by atoms with Crippen LogP contribution in [0.25, 0.3) is 10.9 Å². The van der Waals surface area contributed by atoms with Gasteiger partial charge >= 0.3 is 0 Å². The third-order valence-electron chi connectivity index (χ3n) is 4.20. The number of pyridine rings is 1. The van der Waals surface area contributed by atoms with E-state index < -0.39 is 0 Å². The van der Waals surface area contributed by atoms with Crippen molar-refractivity contribution in [2.75, 3.05) is 6.54 Å². The maximum atomic E-state index is 4.51. The molecule has 0 amide bonds. The van der Waals surface area contributed by atoms with Gasteiger partial charge in [-0.3, -0.25) is 4.98 Å². The highest BCUT2D eigenvalue weighted by Crippen LogP contribution is 2.31. The summed E-state index contributed by atoms with van der Waals surface area (Å²) >= 11 is 0. The van der Waals surface area contributed by atoms with Crippen LogP contribution in [0.1, 0.15) is 58.1 Å². The average molecular weight is 284 g/mol. The lowest BCUT2D eigenvalue weighted by Gasteiger charge is -2.28. The van der Waals surface area contributed by atoms with Crippen LogP contribution < -0.4 is 5.32 Å². The lowest BCUT2D eigenvalue weighted by Crippen LogP contribution is -2.28. The Morgan fingerprint density at radius 2 is 1.81 bits per heavy atom. The molecule has 1 N–H and O–H groups in total. The molecule has 0 saturated heterocycles. The molecule has 2 nitrogen and oxygen atoms in total. The van der Waals surface area contributed by atoms with E-state index >= 15 is 0 Å². The molecule has 0 aliphatic rings. The van der Waals surface area contributed by atoms with Crippen molar-refractivity contribution in [1.29, 1.82) is 0 Å². The van der Waals surface area contributed by atoms with E-state index in [4.69, 9.17) is 0 Å². The van der Waals surface area contributed by atoms with Crippen molar-refractivity contribution in [3.05, 3.63) is 42.1 Å². The summed E-state index contributed by atoms with van der Waals surface area (Å²) in [4.78, 5) is 4.51. The summed E-state index contributed by atoms with van der Waals surface area (Å²) in [6.07, 6.45) is 6.94. The minimum absolute atomic E-state index is 0.446. The maximum absolute atomic E-state index is 4.51. The van der Waals surface area contributed by atoms with Crippen LogP contribution in [0.2, 0.25) is 0 Å². The van der Waals surface area contributed by atoms with Crippen molar-refractivity contribution in [2.45, 2.75) is 52.5 Å². The predicted molar refractivity (Wildman–Crippen MR) is 91.5 cm³/mol. The Morgan fingerprint density at radius 3 is 2.48 bits per heavy atom. The van der Waals surface area contributed by atoms with Crippen LogP contribution in [0.3, 0.4) is 0 Å². The van der Waals surface area contributed by atoms with Crippen molar-refractivity contribution < 1.29 is 0 Å². The molecule has 2 heteroatoms. The Balaban J connectivity index is 2.33. The largest absolute Gasteiger partial charge is 0.310 e. The van der Waals surface area contributed by atoms with Gasteiger partial charge in [0.15, 0.2) is 0 Å².